The molecule has 2 bridgehead atoms. The molecule has 4 rings (SSSR count). The number of rotatable bonds is 6. The van der Waals surface area contributed by atoms with E-state index in [0.717, 1.165) is 15.1 Å². The largest absolute Gasteiger partial charge is 0.493 e. The second-order valence-electron chi connectivity index (χ2n) is 8.69. The number of halogens is 1. The van der Waals surface area contributed by atoms with Crippen molar-refractivity contribution >= 4 is 34.6 Å². The lowest BCUT2D eigenvalue weighted by atomic mass is 9.67. The average molecular weight is 482 g/mol. The zero-order valence-electron chi connectivity index (χ0n) is 16.2. The minimum atomic E-state index is -0.372. The fraction of sp³-hybridized carbons (Fsp3) is 0.591. The summed E-state index contributed by atoms with van der Waals surface area (Å²) in [6.45, 7) is 8.04. The van der Waals surface area contributed by atoms with Crippen LogP contribution in [-0.4, -0.2) is 25.3 Å². The Morgan fingerprint density at radius 2 is 2.07 bits per heavy atom. The van der Waals surface area contributed by atoms with Gasteiger partial charge < -0.3 is 14.2 Å². The number of ether oxygens (including phenoxy) is 3. The van der Waals surface area contributed by atoms with Gasteiger partial charge in [-0.15, -0.1) is 0 Å². The van der Waals surface area contributed by atoms with E-state index in [2.05, 4.69) is 43.0 Å². The topological polar surface area (TPSA) is 44.8 Å². The van der Waals surface area contributed by atoms with Crippen LogP contribution in [0.4, 0.5) is 0 Å². The van der Waals surface area contributed by atoms with Gasteiger partial charge >= 0.3 is 5.97 Å². The van der Waals surface area contributed by atoms with Crippen LogP contribution >= 0.6 is 22.6 Å². The van der Waals surface area contributed by atoms with E-state index >= 15 is 0 Å². The van der Waals surface area contributed by atoms with Crippen LogP contribution in [0.5, 0.6) is 11.5 Å². The number of benzene rings is 1. The highest BCUT2D eigenvalue weighted by molar-refractivity contribution is 14.1. The standard InChI is InChI=1S/C22H27IO4/c1-5-14-6-17(23)20(18(7-14)25-4)26-12-19(24)27-21(3)13(2)9-22-10-15(21)8-16(22)11-22/h5-7,13,15-16H,1,8-12H2,2-4H3. The van der Waals surface area contributed by atoms with Crippen molar-refractivity contribution in [3.05, 3.63) is 27.8 Å². The van der Waals surface area contributed by atoms with E-state index in [1.54, 1.807) is 13.2 Å². The molecule has 146 valence electrons. The van der Waals surface area contributed by atoms with E-state index in [4.69, 9.17) is 14.2 Å². The summed E-state index contributed by atoms with van der Waals surface area (Å²) < 4.78 is 18.1. The Bertz CT molecular complexity index is 791. The van der Waals surface area contributed by atoms with Crippen LogP contribution in [-0.2, 0) is 9.53 Å². The van der Waals surface area contributed by atoms with Crippen molar-refractivity contribution in [1.82, 2.24) is 0 Å². The summed E-state index contributed by atoms with van der Waals surface area (Å²) in [6, 6.07) is 3.80. The van der Waals surface area contributed by atoms with Crippen LogP contribution in [0.2, 0.25) is 0 Å². The molecular formula is C22H27IO4. The first-order chi connectivity index (χ1) is 12.8. The molecule has 0 aliphatic heterocycles. The first-order valence-electron chi connectivity index (χ1n) is 9.66. The Kier molecular flexibility index (Phi) is 4.72. The van der Waals surface area contributed by atoms with E-state index < -0.39 is 0 Å². The molecule has 1 aromatic rings. The van der Waals surface area contributed by atoms with Crippen molar-refractivity contribution < 1.29 is 19.0 Å². The molecule has 3 aliphatic rings. The number of hydrogen-bond acceptors (Lipinski definition) is 4. The minimum Gasteiger partial charge on any atom is -0.493 e. The second kappa shape index (κ2) is 6.68. The molecule has 5 atom stereocenters. The number of carbonyl (C=O) groups excluding carboxylic acids is 1. The highest BCUT2D eigenvalue weighted by Gasteiger charge is 2.68. The zero-order valence-corrected chi connectivity index (χ0v) is 18.4. The lowest BCUT2D eigenvalue weighted by molar-refractivity contribution is -0.179. The summed E-state index contributed by atoms with van der Waals surface area (Å²) in [5.74, 6) is 2.63. The molecule has 3 saturated carbocycles. The van der Waals surface area contributed by atoms with Crippen molar-refractivity contribution in [3.63, 3.8) is 0 Å². The maximum absolute atomic E-state index is 12.6. The van der Waals surface area contributed by atoms with Gasteiger partial charge in [0.1, 0.15) is 5.60 Å². The summed E-state index contributed by atoms with van der Waals surface area (Å²) in [5, 5.41) is 0. The van der Waals surface area contributed by atoms with Crippen molar-refractivity contribution in [2.75, 3.05) is 13.7 Å². The predicted octanol–water partition coefficient (Wildman–Crippen LogP) is 5.08. The Hall–Kier alpha value is -1.24. The molecule has 0 amide bonds. The van der Waals surface area contributed by atoms with Crippen LogP contribution in [0, 0.1) is 26.7 Å². The molecule has 4 nitrogen and oxygen atoms in total. The van der Waals surface area contributed by atoms with Crippen molar-refractivity contribution in [2.24, 2.45) is 23.2 Å². The van der Waals surface area contributed by atoms with E-state index in [1.807, 2.05) is 12.1 Å². The van der Waals surface area contributed by atoms with Crippen molar-refractivity contribution in [1.29, 1.82) is 0 Å². The fourth-order valence-corrected chi connectivity index (χ4v) is 6.29. The normalized spacial score (nSPS) is 35.9. The third-order valence-electron chi connectivity index (χ3n) is 7.24. The molecule has 3 fully saturated rings. The summed E-state index contributed by atoms with van der Waals surface area (Å²) >= 11 is 2.18. The fourth-order valence-electron chi connectivity index (χ4n) is 5.50. The maximum Gasteiger partial charge on any atom is 0.344 e. The highest BCUT2D eigenvalue weighted by Crippen LogP contribution is 2.74. The summed E-state index contributed by atoms with van der Waals surface area (Å²) in [7, 11) is 1.59. The highest BCUT2D eigenvalue weighted by atomic mass is 127. The predicted molar refractivity (Wildman–Crippen MR) is 113 cm³/mol. The Morgan fingerprint density at radius 3 is 2.78 bits per heavy atom. The summed E-state index contributed by atoms with van der Waals surface area (Å²) in [4.78, 5) is 12.6. The van der Waals surface area contributed by atoms with E-state index in [-0.39, 0.29) is 18.2 Å². The van der Waals surface area contributed by atoms with Crippen LogP contribution in [0.1, 0.15) is 45.1 Å². The Labute approximate surface area is 174 Å². The number of fused-ring (bicyclic) bond motifs is 1. The molecule has 0 N–H and O–H groups in total. The molecule has 5 unspecified atom stereocenters. The Morgan fingerprint density at radius 1 is 1.33 bits per heavy atom. The molecule has 0 radical (unpaired) electrons. The van der Waals surface area contributed by atoms with Crippen molar-refractivity contribution in [3.8, 4) is 11.5 Å². The Balaban J connectivity index is 1.42. The number of methoxy groups -OCH3 is 1. The van der Waals surface area contributed by atoms with Gasteiger partial charge in [-0.05, 0) is 96.1 Å². The van der Waals surface area contributed by atoms with Gasteiger partial charge in [0, 0.05) is 0 Å². The number of esters is 1. The van der Waals surface area contributed by atoms with Gasteiger partial charge in [-0.1, -0.05) is 19.6 Å². The van der Waals surface area contributed by atoms with Gasteiger partial charge in [0.15, 0.2) is 18.1 Å². The lowest BCUT2D eigenvalue weighted by Crippen LogP contribution is -2.49. The number of carbonyl (C=O) groups is 1. The van der Waals surface area contributed by atoms with E-state index in [0.29, 0.717) is 28.7 Å². The summed E-state index contributed by atoms with van der Waals surface area (Å²) in [6.07, 6.45) is 6.77. The minimum absolute atomic E-state index is 0.108. The first kappa shape index (κ1) is 19.1. The molecule has 1 spiro atoms. The second-order valence-corrected chi connectivity index (χ2v) is 9.85. The van der Waals surface area contributed by atoms with Crippen molar-refractivity contribution in [2.45, 2.75) is 45.1 Å². The van der Waals surface area contributed by atoms with Gasteiger partial charge in [-0.25, -0.2) is 4.79 Å². The molecule has 3 aliphatic carbocycles. The third-order valence-corrected chi connectivity index (χ3v) is 8.04. The monoisotopic (exact) mass is 482 g/mol. The maximum atomic E-state index is 12.6. The van der Waals surface area contributed by atoms with Gasteiger partial charge in [-0.2, -0.15) is 0 Å². The van der Waals surface area contributed by atoms with E-state index in [1.165, 1.54) is 25.7 Å². The molecule has 1 aromatic carbocycles. The van der Waals surface area contributed by atoms with Gasteiger partial charge in [0.25, 0.3) is 0 Å². The molecule has 0 aromatic heterocycles. The quantitative estimate of drug-likeness (QED) is 0.419. The summed E-state index contributed by atoms with van der Waals surface area (Å²) in [5.41, 5.74) is 1.16. The van der Waals surface area contributed by atoms with Crippen LogP contribution in [0.3, 0.4) is 0 Å². The van der Waals surface area contributed by atoms with Crippen LogP contribution in [0.15, 0.2) is 18.7 Å². The number of hydrogen-bond donors (Lipinski definition) is 0. The van der Waals surface area contributed by atoms with Gasteiger partial charge in [0.05, 0.1) is 10.7 Å². The first-order valence-corrected chi connectivity index (χ1v) is 10.7. The molecular weight excluding hydrogens is 455 g/mol. The van der Waals surface area contributed by atoms with Gasteiger partial charge in [0.2, 0.25) is 0 Å². The van der Waals surface area contributed by atoms with Crippen LogP contribution in [0.25, 0.3) is 6.08 Å². The molecule has 27 heavy (non-hydrogen) atoms. The third kappa shape index (κ3) is 3.15. The molecule has 0 heterocycles. The SMILES string of the molecule is C=Cc1cc(I)c(OCC(=O)OC2(C)C(C)CC34CC3CC2C4)c(OC)c1. The molecule has 5 heteroatoms. The van der Waals surface area contributed by atoms with Gasteiger partial charge in [-0.3, -0.25) is 0 Å². The van der Waals surface area contributed by atoms with E-state index in [9.17, 15) is 4.79 Å². The molecule has 0 saturated heterocycles. The zero-order chi connectivity index (χ0) is 19.4. The smallest absolute Gasteiger partial charge is 0.344 e. The van der Waals surface area contributed by atoms with Crippen LogP contribution < -0.4 is 9.47 Å². The average Bonchev–Trinajstić information content (AvgIpc) is 3.18. The lowest BCUT2D eigenvalue weighted by Gasteiger charge is -2.45.